The molecule has 0 aromatic heterocycles. The average molecular weight is 498 g/mol. The van der Waals surface area contributed by atoms with Gasteiger partial charge in [-0.3, -0.25) is 9.69 Å². The number of benzene rings is 1. The lowest BCUT2D eigenvalue weighted by molar-refractivity contribution is -0.192. The number of nitrogens with zero attached hydrogens (tertiary/aromatic N) is 1. The second-order valence-corrected chi connectivity index (χ2v) is 8.55. The monoisotopic (exact) mass is 497 g/mol. The number of hydrogen-bond acceptors (Lipinski definition) is 5. The van der Waals surface area contributed by atoms with Crippen LogP contribution >= 0.6 is 11.6 Å². The summed E-state index contributed by atoms with van der Waals surface area (Å²) in [5.41, 5.74) is 6.35. The maximum absolute atomic E-state index is 14.6. The van der Waals surface area contributed by atoms with Crippen LogP contribution in [-0.2, 0) is 14.3 Å². The highest BCUT2D eigenvalue weighted by Crippen LogP contribution is 2.31. The molecule has 12 heteroatoms. The molecule has 0 radical (unpaired) electrons. The van der Waals surface area contributed by atoms with Crippen molar-refractivity contribution in [1.82, 2.24) is 10.2 Å². The van der Waals surface area contributed by atoms with Crippen LogP contribution in [0, 0.1) is 11.7 Å². The third kappa shape index (κ3) is 8.09. The zero-order valence-corrected chi connectivity index (χ0v) is 18.8. The highest BCUT2D eigenvalue weighted by atomic mass is 35.5. The average Bonchev–Trinajstić information content (AvgIpc) is 3.16. The molecular formula is C21H28ClF4N3O4. The van der Waals surface area contributed by atoms with Gasteiger partial charge in [-0.25, -0.2) is 9.18 Å². The Kier molecular flexibility index (Phi) is 9.89. The molecule has 4 N–H and O–H groups in total. The first kappa shape index (κ1) is 27.3. The van der Waals surface area contributed by atoms with Crippen LogP contribution in [0.4, 0.5) is 17.6 Å². The molecule has 2 fully saturated rings. The van der Waals surface area contributed by atoms with Gasteiger partial charge in [0.2, 0.25) is 5.91 Å². The molecule has 1 heterocycles. The van der Waals surface area contributed by atoms with Crippen LogP contribution in [0.1, 0.15) is 37.8 Å². The first-order chi connectivity index (χ1) is 15.4. The van der Waals surface area contributed by atoms with Gasteiger partial charge in [0.1, 0.15) is 5.82 Å². The van der Waals surface area contributed by atoms with Gasteiger partial charge in [0.25, 0.3) is 0 Å². The van der Waals surface area contributed by atoms with Crippen LogP contribution in [0.25, 0.3) is 0 Å². The van der Waals surface area contributed by atoms with Crippen molar-refractivity contribution in [1.29, 1.82) is 0 Å². The lowest BCUT2D eigenvalue weighted by atomic mass is 10.0. The first-order valence-corrected chi connectivity index (χ1v) is 10.9. The molecule has 1 aromatic rings. The number of aliphatic carboxylic acids is 1. The number of carbonyl (C=O) groups excluding carboxylic acids is 1. The summed E-state index contributed by atoms with van der Waals surface area (Å²) in [4.78, 5) is 23.5. The summed E-state index contributed by atoms with van der Waals surface area (Å²) in [7, 11) is 0. The molecule has 1 aromatic carbocycles. The summed E-state index contributed by atoms with van der Waals surface area (Å²) >= 11 is 6.31. The van der Waals surface area contributed by atoms with Crippen molar-refractivity contribution >= 4 is 23.5 Å². The smallest absolute Gasteiger partial charge is 0.475 e. The van der Waals surface area contributed by atoms with Crippen molar-refractivity contribution in [3.63, 3.8) is 0 Å². The van der Waals surface area contributed by atoms with Crippen molar-refractivity contribution in [3.8, 4) is 0 Å². The van der Waals surface area contributed by atoms with Crippen molar-refractivity contribution in [2.45, 2.75) is 50.6 Å². The second kappa shape index (κ2) is 12.0. The number of nitrogens with one attached hydrogen (secondary N) is 1. The molecule has 1 saturated carbocycles. The van der Waals surface area contributed by atoms with E-state index in [1.54, 1.807) is 12.1 Å². The summed E-state index contributed by atoms with van der Waals surface area (Å²) in [5, 5.41) is 10.5. The number of carboxylic acid groups (broad SMARTS) is 1. The highest BCUT2D eigenvalue weighted by molar-refractivity contribution is 6.31. The molecule has 33 heavy (non-hydrogen) atoms. The van der Waals surface area contributed by atoms with Crippen LogP contribution < -0.4 is 11.1 Å². The van der Waals surface area contributed by atoms with Crippen LogP contribution in [0.5, 0.6) is 0 Å². The Labute approximate surface area is 194 Å². The predicted octanol–water partition coefficient (Wildman–Crippen LogP) is 3.12. The van der Waals surface area contributed by atoms with Crippen LogP contribution in [0.2, 0.25) is 5.02 Å². The third-order valence-electron chi connectivity index (χ3n) is 5.60. The van der Waals surface area contributed by atoms with E-state index in [4.69, 9.17) is 32.0 Å². The number of carboxylic acids is 1. The van der Waals surface area contributed by atoms with Crippen LogP contribution in [-0.4, -0.2) is 66.4 Å². The van der Waals surface area contributed by atoms with Crippen molar-refractivity contribution in [2.24, 2.45) is 11.7 Å². The zero-order chi connectivity index (χ0) is 24.8. The molecule has 2 aliphatic rings. The quantitative estimate of drug-likeness (QED) is 0.540. The van der Waals surface area contributed by atoms with Gasteiger partial charge >= 0.3 is 12.1 Å². The molecule has 4 atom stereocenters. The van der Waals surface area contributed by atoms with Gasteiger partial charge in [-0.05, 0) is 38.3 Å². The van der Waals surface area contributed by atoms with E-state index >= 15 is 0 Å². The lowest BCUT2D eigenvalue weighted by Gasteiger charge is -2.38. The number of morpholine rings is 1. The maximum Gasteiger partial charge on any atom is 0.490 e. The predicted molar refractivity (Wildman–Crippen MR) is 113 cm³/mol. The molecule has 1 aliphatic heterocycles. The van der Waals surface area contributed by atoms with Gasteiger partial charge in [-0.15, -0.1) is 0 Å². The molecule has 3 rings (SSSR count). The molecule has 1 saturated heterocycles. The minimum absolute atomic E-state index is 0.00304. The Bertz CT molecular complexity index is 807. The van der Waals surface area contributed by atoms with E-state index < -0.39 is 12.1 Å². The fourth-order valence-electron chi connectivity index (χ4n) is 3.97. The molecule has 0 bridgehead atoms. The fourth-order valence-corrected chi connectivity index (χ4v) is 4.26. The number of ether oxygens (including phenoxy) is 1. The number of carbonyl (C=O) groups is 2. The van der Waals surface area contributed by atoms with E-state index in [1.165, 1.54) is 6.07 Å². The SMILES string of the molecule is CC1CN(C(CNC(=O)C2CCC(N)C2)c2c(F)cccc2Cl)CCO1.O=C(O)C(F)(F)F. The molecule has 186 valence electrons. The van der Waals surface area contributed by atoms with Gasteiger partial charge in [0.15, 0.2) is 0 Å². The summed E-state index contributed by atoms with van der Waals surface area (Å²) in [6.07, 6.45) is -2.62. The standard InChI is InChI=1S/C19H27ClFN3O2.C2HF3O2/c1-12-11-24(7-8-26-12)17(18-15(20)3-2-4-16(18)21)10-23-19(25)13-5-6-14(22)9-13;3-2(4,5)1(6)7/h2-4,12-14,17H,5-11,22H2,1H3,(H,23,25);(H,6,7). The Hall–Kier alpha value is -1.95. The molecule has 0 spiro atoms. The Balaban J connectivity index is 0.000000479. The minimum atomic E-state index is -5.08. The summed E-state index contributed by atoms with van der Waals surface area (Å²) in [5.74, 6) is -3.16. The van der Waals surface area contributed by atoms with Gasteiger partial charge in [-0.1, -0.05) is 17.7 Å². The Morgan fingerprint density at radius 1 is 1.36 bits per heavy atom. The maximum atomic E-state index is 14.6. The molecule has 7 nitrogen and oxygen atoms in total. The first-order valence-electron chi connectivity index (χ1n) is 10.5. The topological polar surface area (TPSA) is 105 Å². The number of rotatable bonds is 5. The van der Waals surface area contributed by atoms with Crippen LogP contribution in [0.3, 0.4) is 0 Å². The van der Waals surface area contributed by atoms with E-state index in [0.717, 1.165) is 12.8 Å². The normalized spacial score (nSPS) is 24.5. The van der Waals surface area contributed by atoms with E-state index in [2.05, 4.69) is 10.2 Å². The van der Waals surface area contributed by atoms with E-state index in [1.807, 2.05) is 6.92 Å². The highest BCUT2D eigenvalue weighted by Gasteiger charge is 2.38. The Morgan fingerprint density at radius 2 is 2.03 bits per heavy atom. The number of halogens is 5. The summed E-state index contributed by atoms with van der Waals surface area (Å²) in [6, 6.07) is 4.47. The van der Waals surface area contributed by atoms with E-state index in [0.29, 0.717) is 43.2 Å². The molecule has 1 amide bonds. The van der Waals surface area contributed by atoms with Crippen molar-refractivity contribution in [2.75, 3.05) is 26.2 Å². The number of hydrogen-bond donors (Lipinski definition) is 3. The molecule has 4 unspecified atom stereocenters. The lowest BCUT2D eigenvalue weighted by Crippen LogP contribution is -2.47. The second-order valence-electron chi connectivity index (χ2n) is 8.15. The Morgan fingerprint density at radius 3 is 2.55 bits per heavy atom. The number of amides is 1. The van der Waals surface area contributed by atoms with Gasteiger partial charge in [-0.2, -0.15) is 13.2 Å². The number of nitrogens with two attached hydrogens (primary N) is 1. The molecule has 1 aliphatic carbocycles. The largest absolute Gasteiger partial charge is 0.490 e. The van der Waals surface area contributed by atoms with Crippen LogP contribution in [0.15, 0.2) is 18.2 Å². The van der Waals surface area contributed by atoms with Gasteiger partial charge in [0.05, 0.1) is 18.8 Å². The minimum Gasteiger partial charge on any atom is -0.475 e. The fraction of sp³-hybridized carbons (Fsp3) is 0.619. The van der Waals surface area contributed by atoms with E-state index in [-0.39, 0.29) is 35.8 Å². The van der Waals surface area contributed by atoms with Gasteiger partial charge < -0.3 is 20.9 Å². The summed E-state index contributed by atoms with van der Waals surface area (Å²) < 4.78 is 51.9. The van der Waals surface area contributed by atoms with Crippen molar-refractivity contribution in [3.05, 3.63) is 34.6 Å². The third-order valence-corrected chi connectivity index (χ3v) is 5.93. The molecular weight excluding hydrogens is 470 g/mol. The summed E-state index contributed by atoms with van der Waals surface area (Å²) in [6.45, 7) is 4.22. The number of alkyl halides is 3. The van der Waals surface area contributed by atoms with Gasteiger partial charge in [0, 0.05) is 42.2 Å². The van der Waals surface area contributed by atoms with Crippen molar-refractivity contribution < 1.29 is 37.0 Å². The zero-order valence-electron chi connectivity index (χ0n) is 18.1. The van der Waals surface area contributed by atoms with E-state index in [9.17, 15) is 22.4 Å².